The Morgan fingerprint density at radius 1 is 1.25 bits per heavy atom. The van der Waals surface area contributed by atoms with Gasteiger partial charge in [-0.2, -0.15) is 11.8 Å². The fourth-order valence-electron chi connectivity index (χ4n) is 2.48. The first-order chi connectivity index (χ1) is 11.7. The molecule has 7 heteroatoms. The lowest BCUT2D eigenvalue weighted by molar-refractivity contribution is 0.0929. The molecule has 3 rings (SSSR count). The van der Waals surface area contributed by atoms with Crippen LogP contribution in [0.1, 0.15) is 28.6 Å². The topological polar surface area (TPSA) is 59.3 Å². The van der Waals surface area contributed by atoms with Gasteiger partial charge in [0.1, 0.15) is 5.82 Å². The molecule has 1 aromatic carbocycles. The Bertz CT molecular complexity index is 851. The molecule has 0 spiro atoms. The third kappa shape index (κ3) is 3.41. The minimum absolute atomic E-state index is 0.0282. The zero-order valence-electron chi connectivity index (χ0n) is 13.1. The number of hydrogen-bond donors (Lipinski definition) is 1. The molecule has 0 unspecified atom stereocenters. The maximum atomic E-state index is 13.8. The van der Waals surface area contributed by atoms with Crippen molar-refractivity contribution in [2.45, 2.75) is 12.5 Å². The molecule has 1 atom stereocenters. The lowest BCUT2D eigenvalue weighted by Gasteiger charge is -2.17. The van der Waals surface area contributed by atoms with Gasteiger partial charge in [0, 0.05) is 6.20 Å². The molecular formula is C17H17FN4OS. The number of carbonyl (C=O) groups excluding carboxylic acids is 1. The summed E-state index contributed by atoms with van der Waals surface area (Å²) in [6.07, 6.45) is 4.53. The van der Waals surface area contributed by atoms with Crippen LogP contribution in [0.2, 0.25) is 0 Å². The van der Waals surface area contributed by atoms with E-state index >= 15 is 0 Å². The number of nitrogens with zero attached hydrogens (tertiary/aromatic N) is 3. The van der Waals surface area contributed by atoms with Gasteiger partial charge in [0.2, 0.25) is 0 Å². The molecule has 0 aliphatic heterocycles. The predicted octanol–water partition coefficient (Wildman–Crippen LogP) is 3.09. The van der Waals surface area contributed by atoms with E-state index in [2.05, 4.69) is 15.5 Å². The third-order valence-corrected chi connectivity index (χ3v) is 4.33. The van der Waals surface area contributed by atoms with Crippen molar-refractivity contribution in [3.8, 4) is 0 Å². The van der Waals surface area contributed by atoms with E-state index in [1.807, 2.05) is 35.1 Å². The summed E-state index contributed by atoms with van der Waals surface area (Å²) in [7, 11) is 0. The van der Waals surface area contributed by atoms with Crippen LogP contribution in [0.15, 0.2) is 48.7 Å². The quantitative estimate of drug-likeness (QED) is 0.746. The standard InChI is InChI=1S/C17H17FN4OS/c1-24-11-9-14(16-21-20-15-8-4-5-10-22(15)16)19-17(23)12-6-2-3-7-13(12)18/h2-8,10,14H,9,11H2,1H3,(H,19,23)/t14-/m0/s1. The molecule has 3 aromatic rings. The molecule has 0 saturated heterocycles. The molecule has 1 N–H and O–H groups in total. The van der Waals surface area contributed by atoms with E-state index in [0.29, 0.717) is 17.9 Å². The van der Waals surface area contributed by atoms with Crippen molar-refractivity contribution in [1.29, 1.82) is 0 Å². The molecule has 124 valence electrons. The Morgan fingerprint density at radius 3 is 2.83 bits per heavy atom. The summed E-state index contributed by atoms with van der Waals surface area (Å²) in [5.74, 6) is 0.491. The fourth-order valence-corrected chi connectivity index (χ4v) is 2.95. The summed E-state index contributed by atoms with van der Waals surface area (Å²) in [6, 6.07) is 11.2. The van der Waals surface area contributed by atoms with Crippen LogP contribution in [0.3, 0.4) is 0 Å². The van der Waals surface area contributed by atoms with Crippen molar-refractivity contribution in [3.63, 3.8) is 0 Å². The summed E-state index contributed by atoms with van der Waals surface area (Å²) in [4.78, 5) is 12.5. The summed E-state index contributed by atoms with van der Waals surface area (Å²) < 4.78 is 15.7. The van der Waals surface area contributed by atoms with E-state index in [9.17, 15) is 9.18 Å². The Labute approximate surface area is 143 Å². The number of amides is 1. The number of nitrogens with one attached hydrogen (secondary N) is 1. The zero-order valence-corrected chi connectivity index (χ0v) is 14.0. The molecule has 0 bridgehead atoms. The second kappa shape index (κ2) is 7.44. The normalized spacial score (nSPS) is 12.2. The zero-order chi connectivity index (χ0) is 16.9. The van der Waals surface area contributed by atoms with Gasteiger partial charge in [0.25, 0.3) is 5.91 Å². The van der Waals surface area contributed by atoms with Crippen molar-refractivity contribution in [3.05, 3.63) is 65.9 Å². The molecule has 1 amide bonds. The van der Waals surface area contributed by atoms with Crippen LogP contribution in [0.4, 0.5) is 4.39 Å². The largest absolute Gasteiger partial charge is 0.342 e. The minimum Gasteiger partial charge on any atom is -0.342 e. The second-order valence-electron chi connectivity index (χ2n) is 5.27. The molecular weight excluding hydrogens is 327 g/mol. The van der Waals surface area contributed by atoms with E-state index in [-0.39, 0.29) is 11.6 Å². The number of carbonyl (C=O) groups is 1. The Hall–Kier alpha value is -2.41. The van der Waals surface area contributed by atoms with Crippen LogP contribution in [0.5, 0.6) is 0 Å². The van der Waals surface area contributed by atoms with E-state index in [0.717, 1.165) is 5.75 Å². The molecule has 0 saturated carbocycles. The number of benzene rings is 1. The summed E-state index contributed by atoms with van der Waals surface area (Å²) in [6.45, 7) is 0. The molecule has 5 nitrogen and oxygen atoms in total. The van der Waals surface area contributed by atoms with Crippen molar-refractivity contribution in [2.24, 2.45) is 0 Å². The van der Waals surface area contributed by atoms with Crippen molar-refractivity contribution in [2.75, 3.05) is 12.0 Å². The first kappa shape index (κ1) is 16.4. The van der Waals surface area contributed by atoms with Crippen LogP contribution in [-0.2, 0) is 0 Å². The first-order valence-electron chi connectivity index (χ1n) is 7.54. The highest BCUT2D eigenvalue weighted by atomic mass is 32.2. The molecule has 2 aromatic heterocycles. The smallest absolute Gasteiger partial charge is 0.254 e. The second-order valence-corrected chi connectivity index (χ2v) is 6.26. The summed E-state index contributed by atoms with van der Waals surface area (Å²) in [5.41, 5.74) is 0.738. The van der Waals surface area contributed by atoms with Crippen molar-refractivity contribution >= 4 is 23.3 Å². The van der Waals surface area contributed by atoms with E-state index in [1.165, 1.54) is 12.1 Å². The fraction of sp³-hybridized carbons (Fsp3) is 0.235. The van der Waals surface area contributed by atoms with Gasteiger partial charge in [0.15, 0.2) is 11.5 Å². The Morgan fingerprint density at radius 2 is 2.04 bits per heavy atom. The highest BCUT2D eigenvalue weighted by Gasteiger charge is 2.22. The maximum Gasteiger partial charge on any atom is 0.254 e. The lowest BCUT2D eigenvalue weighted by Crippen LogP contribution is -2.31. The summed E-state index contributed by atoms with van der Waals surface area (Å²) >= 11 is 1.68. The number of thioether (sulfide) groups is 1. The molecule has 0 fully saturated rings. The molecule has 0 radical (unpaired) electrons. The van der Waals surface area contributed by atoms with Gasteiger partial charge in [-0.05, 0) is 42.7 Å². The monoisotopic (exact) mass is 344 g/mol. The lowest BCUT2D eigenvalue weighted by atomic mass is 10.1. The van der Waals surface area contributed by atoms with Crippen molar-refractivity contribution in [1.82, 2.24) is 19.9 Å². The maximum absolute atomic E-state index is 13.8. The van der Waals surface area contributed by atoms with Gasteiger partial charge in [-0.15, -0.1) is 10.2 Å². The van der Waals surface area contributed by atoms with Gasteiger partial charge in [0.05, 0.1) is 11.6 Å². The van der Waals surface area contributed by atoms with Crippen molar-refractivity contribution < 1.29 is 9.18 Å². The van der Waals surface area contributed by atoms with Crippen LogP contribution in [0.25, 0.3) is 5.65 Å². The number of aromatic nitrogens is 3. The van der Waals surface area contributed by atoms with Crippen LogP contribution < -0.4 is 5.32 Å². The van der Waals surface area contributed by atoms with Crippen LogP contribution in [0, 0.1) is 5.82 Å². The number of pyridine rings is 1. The number of halogens is 1. The van der Waals surface area contributed by atoms with Gasteiger partial charge in [-0.3, -0.25) is 9.20 Å². The average molecular weight is 344 g/mol. The van der Waals surface area contributed by atoms with Gasteiger partial charge in [-0.25, -0.2) is 4.39 Å². The minimum atomic E-state index is -0.537. The number of rotatable bonds is 6. The average Bonchev–Trinajstić information content (AvgIpc) is 3.03. The number of hydrogen-bond acceptors (Lipinski definition) is 4. The molecule has 0 aliphatic carbocycles. The molecule has 0 aliphatic rings. The van der Waals surface area contributed by atoms with E-state index in [1.54, 1.807) is 23.9 Å². The third-order valence-electron chi connectivity index (χ3n) is 3.69. The van der Waals surface area contributed by atoms with E-state index < -0.39 is 11.7 Å². The SMILES string of the molecule is CSCC[C@H](NC(=O)c1ccccc1F)c1nnc2ccccn12. The van der Waals surface area contributed by atoms with Gasteiger partial charge >= 0.3 is 0 Å². The summed E-state index contributed by atoms with van der Waals surface area (Å²) in [5, 5.41) is 11.2. The Balaban J connectivity index is 1.89. The molecule has 2 heterocycles. The van der Waals surface area contributed by atoms with Crippen LogP contribution in [-0.4, -0.2) is 32.5 Å². The first-order valence-corrected chi connectivity index (χ1v) is 8.94. The van der Waals surface area contributed by atoms with Gasteiger partial charge in [-0.1, -0.05) is 18.2 Å². The molecule has 24 heavy (non-hydrogen) atoms. The highest BCUT2D eigenvalue weighted by Crippen LogP contribution is 2.19. The number of fused-ring (bicyclic) bond motifs is 1. The highest BCUT2D eigenvalue weighted by molar-refractivity contribution is 7.98. The van der Waals surface area contributed by atoms with Gasteiger partial charge < -0.3 is 5.32 Å². The Kier molecular flexibility index (Phi) is 5.10. The van der Waals surface area contributed by atoms with E-state index in [4.69, 9.17) is 0 Å². The van der Waals surface area contributed by atoms with Crippen LogP contribution >= 0.6 is 11.8 Å². The predicted molar refractivity (Wildman–Crippen MR) is 92.6 cm³/mol.